The number of hydrogen-bond acceptors (Lipinski definition) is 5. The quantitative estimate of drug-likeness (QED) is 0.498. The Morgan fingerprint density at radius 2 is 1.61 bits per heavy atom. The molecule has 0 heterocycles. The Morgan fingerprint density at radius 1 is 0.970 bits per heavy atom. The molecule has 1 N–H and O–H groups in total. The van der Waals surface area contributed by atoms with Gasteiger partial charge >= 0.3 is 5.97 Å². The number of anilines is 1. The number of benzene rings is 3. The summed E-state index contributed by atoms with van der Waals surface area (Å²) in [5.41, 5.74) is 2.15. The molecule has 0 spiro atoms. The van der Waals surface area contributed by atoms with Gasteiger partial charge in [-0.3, -0.25) is 4.79 Å². The number of ether oxygens (including phenoxy) is 1. The number of halogens is 1. The van der Waals surface area contributed by atoms with Crippen molar-refractivity contribution in [3.05, 3.63) is 83.4 Å². The van der Waals surface area contributed by atoms with Gasteiger partial charge in [0.25, 0.3) is 5.91 Å². The maximum Gasteiger partial charge on any atom is 0.340 e. The van der Waals surface area contributed by atoms with Crippen LogP contribution in [0.15, 0.2) is 77.7 Å². The standard InChI is InChI=1S/C24H23ClN2O5S/c1-16(23(28)26-22-12-8-7-11-19(22)17-9-5-4-6-10-17)32-24(29)20-15-18(13-14-21(20)25)33(30,31)27(2)3/h4-16H,1-3H3,(H,26,28). The van der Waals surface area contributed by atoms with Crippen LogP contribution in [0.1, 0.15) is 17.3 Å². The summed E-state index contributed by atoms with van der Waals surface area (Å²) < 4.78 is 31.0. The van der Waals surface area contributed by atoms with E-state index in [1.165, 1.54) is 33.2 Å². The molecule has 0 aliphatic rings. The molecule has 0 fully saturated rings. The van der Waals surface area contributed by atoms with Crippen LogP contribution in [0.2, 0.25) is 5.02 Å². The summed E-state index contributed by atoms with van der Waals surface area (Å²) >= 11 is 6.09. The van der Waals surface area contributed by atoms with Crippen LogP contribution in [-0.4, -0.2) is 44.8 Å². The zero-order chi connectivity index (χ0) is 24.2. The SMILES string of the molecule is CC(OC(=O)c1cc(S(=O)(=O)N(C)C)ccc1Cl)C(=O)Nc1ccccc1-c1ccccc1. The third kappa shape index (κ3) is 5.60. The van der Waals surface area contributed by atoms with Crippen molar-refractivity contribution in [2.24, 2.45) is 0 Å². The second-order valence-corrected chi connectivity index (χ2v) is 9.94. The van der Waals surface area contributed by atoms with Crippen LogP contribution in [0.25, 0.3) is 11.1 Å². The minimum atomic E-state index is -3.78. The summed E-state index contributed by atoms with van der Waals surface area (Å²) in [7, 11) is -1.03. The average molecular weight is 487 g/mol. The lowest BCUT2D eigenvalue weighted by molar-refractivity contribution is -0.123. The number of carbonyl (C=O) groups is 2. The monoisotopic (exact) mass is 486 g/mol. The molecule has 0 radical (unpaired) electrons. The molecule has 0 aliphatic heterocycles. The number of rotatable bonds is 7. The molecule has 9 heteroatoms. The molecular formula is C24H23ClN2O5S. The first-order valence-corrected chi connectivity index (χ1v) is 11.8. The van der Waals surface area contributed by atoms with Crippen molar-refractivity contribution in [2.45, 2.75) is 17.9 Å². The number of hydrogen-bond donors (Lipinski definition) is 1. The minimum Gasteiger partial charge on any atom is -0.449 e. The van der Waals surface area contributed by atoms with E-state index in [0.717, 1.165) is 21.5 Å². The van der Waals surface area contributed by atoms with Crippen LogP contribution in [-0.2, 0) is 19.6 Å². The number of para-hydroxylation sites is 1. The summed E-state index contributed by atoms with van der Waals surface area (Å²) in [6.07, 6.45) is -1.16. The van der Waals surface area contributed by atoms with Gasteiger partial charge in [-0.25, -0.2) is 17.5 Å². The summed E-state index contributed by atoms with van der Waals surface area (Å²) in [5, 5.41) is 2.79. The first-order valence-electron chi connectivity index (χ1n) is 9.99. The highest BCUT2D eigenvalue weighted by atomic mass is 35.5. The Bertz CT molecular complexity index is 1280. The van der Waals surface area contributed by atoms with Crippen LogP contribution in [0, 0.1) is 0 Å². The van der Waals surface area contributed by atoms with E-state index in [4.69, 9.17) is 16.3 Å². The van der Waals surface area contributed by atoms with Gasteiger partial charge < -0.3 is 10.1 Å². The average Bonchev–Trinajstić information content (AvgIpc) is 2.79. The van der Waals surface area contributed by atoms with E-state index in [1.54, 1.807) is 12.1 Å². The van der Waals surface area contributed by atoms with Crippen LogP contribution in [0.4, 0.5) is 5.69 Å². The first-order chi connectivity index (χ1) is 15.6. The second kappa shape index (κ2) is 10.2. The summed E-state index contributed by atoms with van der Waals surface area (Å²) in [6.45, 7) is 1.42. The Morgan fingerprint density at radius 3 is 2.27 bits per heavy atom. The van der Waals surface area contributed by atoms with Crippen LogP contribution in [0.5, 0.6) is 0 Å². The highest BCUT2D eigenvalue weighted by molar-refractivity contribution is 7.89. The largest absolute Gasteiger partial charge is 0.449 e. The fourth-order valence-corrected chi connectivity index (χ4v) is 4.13. The number of nitrogens with zero attached hydrogens (tertiary/aromatic N) is 1. The number of esters is 1. The molecule has 7 nitrogen and oxygen atoms in total. The molecule has 1 unspecified atom stereocenters. The van der Waals surface area contributed by atoms with Gasteiger partial charge in [0.15, 0.2) is 6.10 Å². The molecule has 3 aromatic rings. The number of sulfonamides is 1. The van der Waals surface area contributed by atoms with Crippen molar-refractivity contribution in [3.63, 3.8) is 0 Å². The van der Waals surface area contributed by atoms with E-state index in [0.29, 0.717) is 5.69 Å². The van der Waals surface area contributed by atoms with Gasteiger partial charge in [0.1, 0.15) is 0 Å². The van der Waals surface area contributed by atoms with Crippen molar-refractivity contribution in [1.29, 1.82) is 0 Å². The molecule has 0 aliphatic carbocycles. The molecule has 3 rings (SSSR count). The molecule has 0 aromatic heterocycles. The van der Waals surface area contributed by atoms with Gasteiger partial charge in [-0.15, -0.1) is 0 Å². The fraction of sp³-hybridized carbons (Fsp3) is 0.167. The van der Waals surface area contributed by atoms with E-state index in [2.05, 4.69) is 5.32 Å². The molecule has 0 saturated carbocycles. The topological polar surface area (TPSA) is 92.8 Å². The maximum absolute atomic E-state index is 12.7. The van der Waals surface area contributed by atoms with Crippen molar-refractivity contribution in [2.75, 3.05) is 19.4 Å². The van der Waals surface area contributed by atoms with Gasteiger partial charge in [-0.05, 0) is 36.8 Å². The van der Waals surface area contributed by atoms with E-state index >= 15 is 0 Å². The van der Waals surface area contributed by atoms with Gasteiger partial charge in [-0.1, -0.05) is 60.1 Å². The lowest BCUT2D eigenvalue weighted by atomic mass is 10.0. The van der Waals surface area contributed by atoms with Gasteiger partial charge in [0.2, 0.25) is 10.0 Å². The smallest absolute Gasteiger partial charge is 0.340 e. The Kier molecular flexibility index (Phi) is 7.53. The molecule has 172 valence electrons. The van der Waals surface area contributed by atoms with Gasteiger partial charge in [0, 0.05) is 25.3 Å². The minimum absolute atomic E-state index is 0.0136. The Labute approximate surface area is 198 Å². The lowest BCUT2D eigenvalue weighted by Crippen LogP contribution is -2.30. The van der Waals surface area contributed by atoms with E-state index in [9.17, 15) is 18.0 Å². The van der Waals surface area contributed by atoms with Crippen molar-refractivity contribution >= 4 is 39.2 Å². The molecule has 33 heavy (non-hydrogen) atoms. The summed E-state index contributed by atoms with van der Waals surface area (Å²) in [4.78, 5) is 25.3. The van der Waals surface area contributed by atoms with Crippen LogP contribution in [0.3, 0.4) is 0 Å². The number of amides is 1. The number of carbonyl (C=O) groups excluding carboxylic acids is 2. The third-order valence-corrected chi connectivity index (χ3v) is 7.00. The second-order valence-electron chi connectivity index (χ2n) is 7.38. The predicted octanol–water partition coefficient (Wildman–Crippen LogP) is 4.44. The number of nitrogens with one attached hydrogen (secondary N) is 1. The third-order valence-electron chi connectivity index (χ3n) is 4.86. The van der Waals surface area contributed by atoms with E-state index in [1.807, 2.05) is 42.5 Å². The molecule has 3 aromatic carbocycles. The van der Waals surface area contributed by atoms with Crippen molar-refractivity contribution in [1.82, 2.24) is 4.31 Å². The highest BCUT2D eigenvalue weighted by Gasteiger charge is 2.24. The van der Waals surface area contributed by atoms with E-state index < -0.39 is 28.0 Å². The first kappa shape index (κ1) is 24.4. The maximum atomic E-state index is 12.7. The molecule has 1 atom stereocenters. The lowest BCUT2D eigenvalue weighted by Gasteiger charge is -2.17. The summed E-state index contributed by atoms with van der Waals surface area (Å²) in [6, 6.07) is 20.5. The summed E-state index contributed by atoms with van der Waals surface area (Å²) in [5.74, 6) is -1.45. The molecule has 0 bridgehead atoms. The Balaban J connectivity index is 1.77. The van der Waals surface area contributed by atoms with Crippen LogP contribution >= 0.6 is 11.6 Å². The predicted molar refractivity (Wildman–Crippen MR) is 128 cm³/mol. The van der Waals surface area contributed by atoms with Crippen LogP contribution < -0.4 is 5.32 Å². The Hall–Kier alpha value is -3.20. The fourth-order valence-electron chi connectivity index (χ4n) is 3.01. The van der Waals surface area contributed by atoms with Crippen molar-refractivity contribution in [3.8, 4) is 11.1 Å². The highest BCUT2D eigenvalue weighted by Crippen LogP contribution is 2.28. The molecule has 1 amide bonds. The van der Waals surface area contributed by atoms with Gasteiger partial charge in [0.05, 0.1) is 15.5 Å². The van der Waals surface area contributed by atoms with E-state index in [-0.39, 0.29) is 15.5 Å². The zero-order valence-electron chi connectivity index (χ0n) is 18.3. The van der Waals surface area contributed by atoms with Crippen molar-refractivity contribution < 1.29 is 22.7 Å². The molecule has 0 saturated heterocycles. The molecular weight excluding hydrogens is 464 g/mol. The zero-order valence-corrected chi connectivity index (χ0v) is 19.9. The van der Waals surface area contributed by atoms with Gasteiger partial charge in [-0.2, -0.15) is 0 Å². The normalized spacial score (nSPS) is 12.3.